The molecule has 3 aromatic rings. The van der Waals surface area contributed by atoms with E-state index in [-0.39, 0.29) is 18.5 Å². The standard InChI is InChI=1S/C22H24ClN3O3/c1-15-4-6-16(7-5-15)19(25-10-2-3-11-25)13-24-21(27)14-26-18-12-17(23)8-9-20(18)29-22(26)28/h4-9,12,19H,2-3,10-11,13-14H2,1H3,(H,24,27). The molecule has 0 aliphatic carbocycles. The molecule has 1 aromatic heterocycles. The Labute approximate surface area is 174 Å². The SMILES string of the molecule is Cc1ccc(C(CNC(=O)Cn2c(=O)oc3ccc(Cl)cc32)N2CCCC2)cc1. The lowest BCUT2D eigenvalue weighted by molar-refractivity contribution is -0.121. The largest absolute Gasteiger partial charge is 0.420 e. The summed E-state index contributed by atoms with van der Waals surface area (Å²) in [6, 6.07) is 13.5. The number of nitrogens with one attached hydrogen (secondary N) is 1. The molecule has 152 valence electrons. The zero-order chi connectivity index (χ0) is 20.4. The Morgan fingerprint density at radius 1 is 1.17 bits per heavy atom. The number of carbonyl (C=O) groups is 1. The lowest BCUT2D eigenvalue weighted by atomic mass is 10.0. The Morgan fingerprint density at radius 3 is 2.62 bits per heavy atom. The maximum Gasteiger partial charge on any atom is 0.420 e. The first-order valence-corrected chi connectivity index (χ1v) is 10.3. The summed E-state index contributed by atoms with van der Waals surface area (Å²) in [5.74, 6) is -0.793. The van der Waals surface area contributed by atoms with Gasteiger partial charge in [-0.1, -0.05) is 41.4 Å². The number of nitrogens with zero attached hydrogens (tertiary/aromatic N) is 2. The number of aromatic nitrogens is 1. The second-order valence-electron chi connectivity index (χ2n) is 7.54. The van der Waals surface area contributed by atoms with Crippen LogP contribution in [0.1, 0.15) is 30.0 Å². The van der Waals surface area contributed by atoms with Crippen molar-refractivity contribution in [2.45, 2.75) is 32.4 Å². The van der Waals surface area contributed by atoms with Crippen LogP contribution >= 0.6 is 11.6 Å². The van der Waals surface area contributed by atoms with Crippen molar-refractivity contribution in [3.8, 4) is 0 Å². The number of benzene rings is 2. The van der Waals surface area contributed by atoms with Crippen LogP contribution in [0.3, 0.4) is 0 Å². The fourth-order valence-corrected chi connectivity index (χ4v) is 4.06. The lowest BCUT2D eigenvalue weighted by Gasteiger charge is -2.28. The van der Waals surface area contributed by atoms with Gasteiger partial charge in [0.15, 0.2) is 5.58 Å². The van der Waals surface area contributed by atoms with Gasteiger partial charge in [0.2, 0.25) is 5.91 Å². The number of aryl methyl sites for hydroxylation is 1. The van der Waals surface area contributed by atoms with Crippen LogP contribution in [0, 0.1) is 6.92 Å². The molecule has 2 heterocycles. The van der Waals surface area contributed by atoms with Crippen molar-refractivity contribution in [1.29, 1.82) is 0 Å². The van der Waals surface area contributed by atoms with E-state index in [1.165, 1.54) is 28.5 Å². The highest BCUT2D eigenvalue weighted by molar-refractivity contribution is 6.31. The van der Waals surface area contributed by atoms with Gasteiger partial charge in [-0.25, -0.2) is 4.79 Å². The molecule has 1 saturated heterocycles. The van der Waals surface area contributed by atoms with Crippen molar-refractivity contribution in [2.24, 2.45) is 0 Å². The minimum absolute atomic E-state index is 0.104. The molecule has 2 aromatic carbocycles. The molecule has 0 saturated carbocycles. The van der Waals surface area contributed by atoms with Gasteiger partial charge in [-0.05, 0) is 56.6 Å². The molecule has 0 radical (unpaired) electrons. The maximum absolute atomic E-state index is 12.6. The van der Waals surface area contributed by atoms with E-state index >= 15 is 0 Å². The van der Waals surface area contributed by atoms with Gasteiger partial charge < -0.3 is 9.73 Å². The zero-order valence-electron chi connectivity index (χ0n) is 16.4. The third-order valence-electron chi connectivity index (χ3n) is 5.47. The summed E-state index contributed by atoms with van der Waals surface area (Å²) in [4.78, 5) is 27.2. The Bertz CT molecular complexity index is 1070. The molecular formula is C22H24ClN3O3. The number of oxazole rings is 1. The van der Waals surface area contributed by atoms with E-state index in [1.807, 2.05) is 0 Å². The maximum atomic E-state index is 12.6. The molecule has 4 rings (SSSR count). The van der Waals surface area contributed by atoms with E-state index in [2.05, 4.69) is 41.4 Å². The average Bonchev–Trinajstić information content (AvgIpc) is 3.33. The third-order valence-corrected chi connectivity index (χ3v) is 5.70. The minimum atomic E-state index is -0.563. The molecule has 1 fully saturated rings. The second-order valence-corrected chi connectivity index (χ2v) is 7.98. The molecule has 1 aliphatic heterocycles. The van der Waals surface area contributed by atoms with Gasteiger partial charge in [0.05, 0.1) is 11.6 Å². The number of halogens is 1. The normalized spacial score (nSPS) is 15.7. The Morgan fingerprint density at radius 2 is 1.90 bits per heavy atom. The van der Waals surface area contributed by atoms with Crippen molar-refractivity contribution in [3.05, 3.63) is 69.2 Å². The highest BCUT2D eigenvalue weighted by atomic mass is 35.5. The van der Waals surface area contributed by atoms with Crippen LogP contribution in [0.2, 0.25) is 5.02 Å². The summed E-state index contributed by atoms with van der Waals surface area (Å²) >= 11 is 6.03. The fraction of sp³-hybridized carbons (Fsp3) is 0.364. The Balaban J connectivity index is 1.48. The predicted molar refractivity (Wildman–Crippen MR) is 113 cm³/mol. The van der Waals surface area contributed by atoms with Crippen molar-refractivity contribution in [2.75, 3.05) is 19.6 Å². The molecule has 1 N–H and O–H groups in total. The molecule has 1 amide bonds. The number of rotatable bonds is 6. The summed E-state index contributed by atoms with van der Waals surface area (Å²) in [6.45, 7) is 4.51. The molecular weight excluding hydrogens is 390 g/mol. The van der Waals surface area contributed by atoms with E-state index in [4.69, 9.17) is 16.0 Å². The van der Waals surface area contributed by atoms with E-state index in [1.54, 1.807) is 18.2 Å². The summed E-state index contributed by atoms with van der Waals surface area (Å²) in [7, 11) is 0. The van der Waals surface area contributed by atoms with Crippen LogP contribution in [-0.4, -0.2) is 35.0 Å². The Kier molecular flexibility index (Phi) is 5.74. The zero-order valence-corrected chi connectivity index (χ0v) is 17.1. The monoisotopic (exact) mass is 413 g/mol. The van der Waals surface area contributed by atoms with E-state index in [9.17, 15) is 9.59 Å². The molecule has 1 unspecified atom stereocenters. The van der Waals surface area contributed by atoms with Gasteiger partial charge in [-0.2, -0.15) is 0 Å². The smallest absolute Gasteiger partial charge is 0.408 e. The van der Waals surface area contributed by atoms with E-state index in [0.717, 1.165) is 13.1 Å². The molecule has 1 atom stereocenters. The van der Waals surface area contributed by atoms with Crippen LogP contribution in [0.4, 0.5) is 0 Å². The molecule has 0 spiro atoms. The Hall–Kier alpha value is -2.57. The van der Waals surface area contributed by atoms with Crippen molar-refractivity contribution < 1.29 is 9.21 Å². The molecule has 0 bridgehead atoms. The van der Waals surface area contributed by atoms with Crippen molar-refractivity contribution >= 4 is 28.6 Å². The van der Waals surface area contributed by atoms with Crippen LogP contribution in [-0.2, 0) is 11.3 Å². The minimum Gasteiger partial charge on any atom is -0.408 e. The second kappa shape index (κ2) is 8.43. The van der Waals surface area contributed by atoms with Crippen LogP contribution < -0.4 is 11.1 Å². The topological polar surface area (TPSA) is 67.5 Å². The summed E-state index contributed by atoms with van der Waals surface area (Å²) in [5, 5.41) is 3.49. The first kappa shape index (κ1) is 19.7. The lowest BCUT2D eigenvalue weighted by Crippen LogP contribution is -2.38. The quantitative estimate of drug-likeness (QED) is 0.671. The summed E-state index contributed by atoms with van der Waals surface area (Å²) in [5.41, 5.74) is 3.34. The highest BCUT2D eigenvalue weighted by Gasteiger charge is 2.24. The van der Waals surface area contributed by atoms with Gasteiger partial charge in [-0.3, -0.25) is 14.3 Å². The number of amides is 1. The fourth-order valence-electron chi connectivity index (χ4n) is 3.89. The van der Waals surface area contributed by atoms with Gasteiger partial charge in [0, 0.05) is 11.6 Å². The number of hydrogen-bond acceptors (Lipinski definition) is 4. The van der Waals surface area contributed by atoms with Gasteiger partial charge in [-0.15, -0.1) is 0 Å². The van der Waals surface area contributed by atoms with Gasteiger partial charge >= 0.3 is 5.76 Å². The van der Waals surface area contributed by atoms with E-state index < -0.39 is 5.76 Å². The third kappa shape index (κ3) is 4.38. The van der Waals surface area contributed by atoms with Crippen molar-refractivity contribution in [3.63, 3.8) is 0 Å². The van der Waals surface area contributed by atoms with E-state index in [0.29, 0.717) is 22.7 Å². The molecule has 29 heavy (non-hydrogen) atoms. The summed E-state index contributed by atoms with van der Waals surface area (Å²) < 4.78 is 6.52. The van der Waals surface area contributed by atoms with Crippen LogP contribution in [0.25, 0.3) is 11.1 Å². The molecule has 6 nitrogen and oxygen atoms in total. The van der Waals surface area contributed by atoms with Crippen LogP contribution in [0.15, 0.2) is 51.7 Å². The highest BCUT2D eigenvalue weighted by Crippen LogP contribution is 2.25. The molecule has 7 heteroatoms. The van der Waals surface area contributed by atoms with Gasteiger partial charge in [0.1, 0.15) is 6.54 Å². The van der Waals surface area contributed by atoms with Crippen molar-refractivity contribution in [1.82, 2.24) is 14.8 Å². The van der Waals surface area contributed by atoms with Gasteiger partial charge in [0.25, 0.3) is 0 Å². The number of hydrogen-bond donors (Lipinski definition) is 1. The first-order valence-electron chi connectivity index (χ1n) is 9.87. The van der Waals surface area contributed by atoms with Crippen LogP contribution in [0.5, 0.6) is 0 Å². The first-order chi connectivity index (χ1) is 14.0. The predicted octanol–water partition coefficient (Wildman–Crippen LogP) is 3.51. The number of fused-ring (bicyclic) bond motifs is 1. The summed E-state index contributed by atoms with van der Waals surface area (Å²) in [6.07, 6.45) is 2.35. The number of carbonyl (C=O) groups excluding carboxylic acids is 1. The average molecular weight is 414 g/mol. The molecule has 1 aliphatic rings. The number of likely N-dealkylation sites (tertiary alicyclic amines) is 1.